The van der Waals surface area contributed by atoms with E-state index in [-0.39, 0.29) is 5.91 Å². The minimum absolute atomic E-state index is 0.0869. The van der Waals surface area contributed by atoms with Crippen molar-refractivity contribution in [3.05, 3.63) is 54.1 Å². The molecule has 2 aromatic carbocycles. The number of hydrogen-bond acceptors (Lipinski definition) is 5. The van der Waals surface area contributed by atoms with Gasteiger partial charge in [0, 0.05) is 31.0 Å². The van der Waals surface area contributed by atoms with Crippen LogP contribution in [-0.2, 0) is 9.53 Å². The molecule has 0 aliphatic carbocycles. The monoisotopic (exact) mass is 369 g/mol. The van der Waals surface area contributed by atoms with E-state index < -0.39 is 11.3 Å². The van der Waals surface area contributed by atoms with Gasteiger partial charge in [-0.15, -0.1) is 0 Å². The average Bonchev–Trinajstić information content (AvgIpc) is 2.70. The summed E-state index contributed by atoms with van der Waals surface area (Å²) in [6.45, 7) is 1.38. The first-order chi connectivity index (χ1) is 13.0. The molecule has 27 heavy (non-hydrogen) atoms. The molecule has 0 spiro atoms. The summed E-state index contributed by atoms with van der Waals surface area (Å²) in [4.78, 5) is 23.9. The molecule has 2 aromatic rings. The van der Waals surface area contributed by atoms with Crippen LogP contribution in [0.4, 0.5) is 5.69 Å². The molecule has 0 atom stereocenters. The summed E-state index contributed by atoms with van der Waals surface area (Å²) in [7, 11) is 0. The molecule has 0 radical (unpaired) electrons. The summed E-state index contributed by atoms with van der Waals surface area (Å²) in [6.07, 6.45) is 1.24. The fourth-order valence-electron chi connectivity index (χ4n) is 3.00. The molecule has 3 rings (SSSR count). The maximum Gasteiger partial charge on any atom is 0.248 e. The predicted octanol–water partition coefficient (Wildman–Crippen LogP) is 2.27. The van der Waals surface area contributed by atoms with Crippen molar-refractivity contribution >= 4 is 17.5 Å². The molecular weight excluding hydrogens is 346 g/mol. The van der Waals surface area contributed by atoms with E-state index in [9.17, 15) is 9.59 Å². The largest absolute Gasteiger partial charge is 0.457 e. The van der Waals surface area contributed by atoms with Crippen molar-refractivity contribution in [1.82, 2.24) is 0 Å². The lowest BCUT2D eigenvalue weighted by Crippen LogP contribution is -2.46. The number of primary amides is 1. The fourth-order valence-corrected chi connectivity index (χ4v) is 3.00. The van der Waals surface area contributed by atoms with Gasteiger partial charge in [0.2, 0.25) is 11.8 Å². The number of nitrogens with one attached hydrogen (secondary N) is 1. The van der Waals surface area contributed by atoms with Crippen LogP contribution >= 0.6 is 0 Å². The van der Waals surface area contributed by atoms with Gasteiger partial charge in [0.05, 0.1) is 5.41 Å². The minimum atomic E-state index is -0.581. The molecule has 1 aliphatic rings. The minimum Gasteiger partial charge on any atom is -0.457 e. The maximum absolute atomic E-state index is 12.7. The molecule has 7 nitrogen and oxygen atoms in total. The number of carbonyl (C=O) groups excluding carboxylic acids is 2. The summed E-state index contributed by atoms with van der Waals surface area (Å²) in [5, 5.41) is 2.93. The molecule has 7 heteroatoms. The van der Waals surface area contributed by atoms with Gasteiger partial charge in [0.25, 0.3) is 0 Å². The molecule has 0 bridgehead atoms. The Balaban J connectivity index is 1.66. The van der Waals surface area contributed by atoms with E-state index in [0.29, 0.717) is 55.4 Å². The van der Waals surface area contributed by atoms with E-state index in [1.54, 1.807) is 48.5 Å². The van der Waals surface area contributed by atoms with Gasteiger partial charge < -0.3 is 26.3 Å². The quantitative estimate of drug-likeness (QED) is 0.722. The van der Waals surface area contributed by atoms with Crippen LogP contribution in [0.1, 0.15) is 23.2 Å². The maximum atomic E-state index is 12.7. The molecule has 5 N–H and O–H groups in total. The molecule has 1 heterocycles. The van der Waals surface area contributed by atoms with Crippen molar-refractivity contribution in [2.45, 2.75) is 12.8 Å². The Hall–Kier alpha value is -2.90. The third-order valence-electron chi connectivity index (χ3n) is 4.79. The van der Waals surface area contributed by atoms with Crippen molar-refractivity contribution in [3.63, 3.8) is 0 Å². The third-order valence-corrected chi connectivity index (χ3v) is 4.79. The van der Waals surface area contributed by atoms with Crippen molar-refractivity contribution in [2.75, 3.05) is 25.1 Å². The number of anilines is 1. The van der Waals surface area contributed by atoms with Gasteiger partial charge >= 0.3 is 0 Å². The number of carbonyl (C=O) groups is 2. The van der Waals surface area contributed by atoms with Gasteiger partial charge in [-0.1, -0.05) is 6.07 Å². The van der Waals surface area contributed by atoms with E-state index in [1.165, 1.54) is 0 Å². The van der Waals surface area contributed by atoms with Crippen LogP contribution in [0.2, 0.25) is 0 Å². The lowest BCUT2D eigenvalue weighted by molar-refractivity contribution is -0.130. The highest BCUT2D eigenvalue weighted by molar-refractivity contribution is 5.95. The number of hydrogen-bond donors (Lipinski definition) is 3. The second kappa shape index (κ2) is 8.20. The van der Waals surface area contributed by atoms with Crippen LogP contribution in [-0.4, -0.2) is 31.6 Å². The molecule has 2 amide bonds. The van der Waals surface area contributed by atoms with Crippen molar-refractivity contribution in [1.29, 1.82) is 0 Å². The summed E-state index contributed by atoms with van der Waals surface area (Å²) in [6, 6.07) is 13.6. The van der Waals surface area contributed by atoms with Crippen LogP contribution < -0.4 is 21.5 Å². The smallest absolute Gasteiger partial charge is 0.248 e. The van der Waals surface area contributed by atoms with Gasteiger partial charge in [-0.25, -0.2) is 0 Å². The first-order valence-electron chi connectivity index (χ1n) is 8.79. The summed E-state index contributed by atoms with van der Waals surface area (Å²) in [5.74, 6) is 0.484. The Kier molecular flexibility index (Phi) is 5.73. The van der Waals surface area contributed by atoms with Crippen LogP contribution in [0.5, 0.6) is 11.5 Å². The first-order valence-corrected chi connectivity index (χ1v) is 8.79. The topological polar surface area (TPSA) is 117 Å². The van der Waals surface area contributed by atoms with Crippen molar-refractivity contribution < 1.29 is 19.1 Å². The van der Waals surface area contributed by atoms with Gasteiger partial charge in [0.1, 0.15) is 11.5 Å². The fraction of sp³-hybridized carbons (Fsp3) is 0.300. The summed E-state index contributed by atoms with van der Waals surface area (Å²) >= 11 is 0. The zero-order valence-electron chi connectivity index (χ0n) is 14.9. The van der Waals surface area contributed by atoms with E-state index >= 15 is 0 Å². The third kappa shape index (κ3) is 4.45. The molecule has 0 unspecified atom stereocenters. The SMILES string of the molecule is NCC1(C(=O)Nc2ccc(Oc3cccc(C(N)=O)c3)cc2)CCOCC1. The number of amides is 2. The van der Waals surface area contributed by atoms with Crippen molar-refractivity contribution in [2.24, 2.45) is 16.9 Å². The lowest BCUT2D eigenvalue weighted by Gasteiger charge is -2.34. The van der Waals surface area contributed by atoms with E-state index in [1.807, 2.05) is 0 Å². The number of rotatable bonds is 6. The van der Waals surface area contributed by atoms with Crippen LogP contribution in [0.15, 0.2) is 48.5 Å². The second-order valence-corrected chi connectivity index (χ2v) is 6.57. The van der Waals surface area contributed by atoms with E-state index in [0.717, 1.165) is 0 Å². The van der Waals surface area contributed by atoms with Gasteiger partial charge in [-0.2, -0.15) is 0 Å². The van der Waals surface area contributed by atoms with E-state index in [4.69, 9.17) is 20.9 Å². The number of ether oxygens (including phenoxy) is 2. The van der Waals surface area contributed by atoms with Crippen molar-refractivity contribution in [3.8, 4) is 11.5 Å². The molecule has 1 saturated heterocycles. The standard InChI is InChI=1S/C20H23N3O4/c21-13-20(8-10-26-11-9-20)19(25)23-15-4-6-16(7-5-15)27-17-3-1-2-14(12-17)18(22)24/h1-7,12H,8-11,13,21H2,(H2,22,24)(H,23,25). The summed E-state index contributed by atoms with van der Waals surface area (Å²) < 4.78 is 11.1. The molecule has 0 aromatic heterocycles. The first kappa shape index (κ1) is 18.9. The van der Waals surface area contributed by atoms with Crippen LogP contribution in [0.3, 0.4) is 0 Å². The second-order valence-electron chi connectivity index (χ2n) is 6.57. The lowest BCUT2D eigenvalue weighted by atomic mass is 9.79. The van der Waals surface area contributed by atoms with Gasteiger partial charge in [0.15, 0.2) is 0 Å². The number of nitrogens with two attached hydrogens (primary N) is 2. The van der Waals surface area contributed by atoms with Crippen LogP contribution in [0, 0.1) is 5.41 Å². The molecule has 1 aliphatic heterocycles. The Bertz CT molecular complexity index is 814. The Morgan fingerprint density at radius 3 is 2.41 bits per heavy atom. The zero-order valence-corrected chi connectivity index (χ0v) is 14.9. The number of benzene rings is 2. The Morgan fingerprint density at radius 1 is 1.07 bits per heavy atom. The average molecular weight is 369 g/mol. The highest BCUT2D eigenvalue weighted by atomic mass is 16.5. The Labute approximate surface area is 157 Å². The predicted molar refractivity (Wildman–Crippen MR) is 102 cm³/mol. The molecule has 0 saturated carbocycles. The highest BCUT2D eigenvalue weighted by Crippen LogP contribution is 2.31. The summed E-state index contributed by atoms with van der Waals surface area (Å²) in [5.41, 5.74) is 11.6. The van der Waals surface area contributed by atoms with E-state index in [2.05, 4.69) is 5.32 Å². The van der Waals surface area contributed by atoms with Gasteiger partial charge in [-0.05, 0) is 55.3 Å². The Morgan fingerprint density at radius 2 is 1.78 bits per heavy atom. The highest BCUT2D eigenvalue weighted by Gasteiger charge is 2.38. The normalized spacial score (nSPS) is 15.7. The van der Waals surface area contributed by atoms with Gasteiger partial charge in [-0.3, -0.25) is 9.59 Å². The molecule has 142 valence electrons. The van der Waals surface area contributed by atoms with Crippen LogP contribution in [0.25, 0.3) is 0 Å². The molecular formula is C20H23N3O4. The zero-order chi connectivity index (χ0) is 19.3. The molecule has 1 fully saturated rings.